The van der Waals surface area contributed by atoms with Gasteiger partial charge in [0.2, 0.25) is 35.1 Å². The number of hydrogen-bond donors (Lipinski definition) is 7. The Labute approximate surface area is 431 Å². The van der Waals surface area contributed by atoms with Gasteiger partial charge in [-0.1, -0.05) is 127 Å². The maximum absolute atomic E-state index is 14.0. The molecule has 15 nitrogen and oxygen atoms in total. The van der Waals surface area contributed by atoms with Crippen LogP contribution in [0.5, 0.6) is 5.75 Å². The maximum atomic E-state index is 14.0. The van der Waals surface area contributed by atoms with Crippen molar-refractivity contribution in [2.75, 3.05) is 38.6 Å². The summed E-state index contributed by atoms with van der Waals surface area (Å²) in [5.74, 6) is -2.11. The number of nitrogens with two attached hydrogens (primary N) is 1. The number of rotatable bonds is 26. The van der Waals surface area contributed by atoms with Crippen molar-refractivity contribution in [1.29, 1.82) is 0 Å². The number of carbonyl (C=O) groups excluding carboxylic acids is 5. The van der Waals surface area contributed by atoms with Crippen LogP contribution in [0.1, 0.15) is 78.1 Å². The number of aryl methyl sites for hydroxylation is 1. The summed E-state index contributed by atoms with van der Waals surface area (Å²) >= 11 is 1.71. The molecular weight excluding hydrogens is 939 g/mol. The molecule has 0 aliphatic heterocycles. The molecule has 0 spiro atoms. The fourth-order valence-electron chi connectivity index (χ4n) is 7.96. The fourth-order valence-corrected chi connectivity index (χ4v) is 9.06. The number of hydrogen-bond acceptors (Lipinski definition) is 9. The number of para-hydroxylation sites is 1. The van der Waals surface area contributed by atoms with Crippen LogP contribution in [0, 0.1) is 0 Å². The van der Waals surface area contributed by atoms with Gasteiger partial charge in [0.05, 0.1) is 5.92 Å². The van der Waals surface area contributed by atoms with E-state index in [-0.39, 0.29) is 87.2 Å². The van der Waals surface area contributed by atoms with Gasteiger partial charge in [-0.25, -0.2) is 0 Å². The molecule has 1 aromatic heterocycles. The zero-order chi connectivity index (χ0) is 51.8. The molecule has 6 rings (SSSR count). The maximum Gasteiger partial charge on any atom is 0.262 e. The SMILES string of the molecule is CN(C)c1ccc(/C=C/C=C/c2sc3ccccc3[n+]2CCCC(=O)NCCNC(=O)CCCC(=O)NC(N)=NCCC[C@@H](NC(=O)C(c2ccccc2)c2ccccc2)C(=O)NCc2ccc(O)cc2)cc1. The van der Waals surface area contributed by atoms with Crippen molar-refractivity contribution in [2.24, 2.45) is 10.7 Å². The molecule has 1 atom stereocenters. The number of carbonyl (C=O) groups is 5. The molecule has 8 N–H and O–H groups in total. The van der Waals surface area contributed by atoms with Crippen LogP contribution >= 0.6 is 11.3 Å². The highest BCUT2D eigenvalue weighted by atomic mass is 32.1. The lowest BCUT2D eigenvalue weighted by Crippen LogP contribution is -2.48. The van der Waals surface area contributed by atoms with E-state index in [9.17, 15) is 29.1 Å². The van der Waals surface area contributed by atoms with Crippen molar-refractivity contribution in [3.8, 4) is 5.75 Å². The minimum atomic E-state index is -0.913. The summed E-state index contributed by atoms with van der Waals surface area (Å²) in [6, 6.07) is 40.9. The zero-order valence-corrected chi connectivity index (χ0v) is 42.3. The number of nitrogens with one attached hydrogen (secondary N) is 5. The number of amides is 5. The number of nitrogens with zero attached hydrogens (tertiary/aromatic N) is 3. The van der Waals surface area contributed by atoms with Crippen LogP contribution in [0.4, 0.5) is 5.69 Å². The van der Waals surface area contributed by atoms with Gasteiger partial charge in [-0.2, -0.15) is 4.57 Å². The predicted octanol–water partition coefficient (Wildman–Crippen LogP) is 6.71. The van der Waals surface area contributed by atoms with Crippen molar-refractivity contribution < 1.29 is 33.6 Å². The number of aliphatic imine (C=N–C) groups is 1. The largest absolute Gasteiger partial charge is 0.508 e. The van der Waals surface area contributed by atoms with Crippen molar-refractivity contribution >= 4 is 74.9 Å². The summed E-state index contributed by atoms with van der Waals surface area (Å²) < 4.78 is 3.42. The van der Waals surface area contributed by atoms with E-state index in [1.165, 1.54) is 16.8 Å². The number of fused-ring (bicyclic) bond motifs is 1. The summed E-state index contributed by atoms with van der Waals surface area (Å²) in [7, 11) is 4.04. The van der Waals surface area contributed by atoms with Crippen LogP contribution in [-0.4, -0.2) is 80.4 Å². The van der Waals surface area contributed by atoms with Crippen LogP contribution in [-0.2, 0) is 37.1 Å². The standard InChI is InChI=1S/C57H65N9O6S/c1-65(2)45-32-28-41(29-33-45)16-9-12-27-53-66(48-22-10-11-23-49(48)73-53)39-15-26-51(69)60-38-37-59-50(68)24-13-25-52(70)64-57(58)61-36-14-21-47(55(71)62-40-42-30-34-46(67)35-31-42)63-56(72)54(43-17-5-3-6-18-43)44-19-7-4-8-20-44/h3-12,16-20,22-23,27-35,47,54H,13-15,21,24-26,36-40H2,1-2H3,(H7-,58,59,60,61,62,63,64,67,68,69,70,71,72)/p+1/t47-/m1/s1. The molecule has 0 saturated heterocycles. The van der Waals surface area contributed by atoms with Crippen LogP contribution in [0.3, 0.4) is 0 Å². The average Bonchev–Trinajstić information content (AvgIpc) is 3.74. The van der Waals surface area contributed by atoms with Gasteiger partial charge in [0.15, 0.2) is 12.5 Å². The highest BCUT2D eigenvalue weighted by Gasteiger charge is 2.28. The molecule has 16 heteroatoms. The second kappa shape index (κ2) is 28.7. The molecule has 0 fully saturated rings. The molecule has 0 aliphatic carbocycles. The highest BCUT2D eigenvalue weighted by molar-refractivity contribution is 7.18. The summed E-state index contributed by atoms with van der Waals surface area (Å²) in [6.45, 7) is 1.57. The zero-order valence-electron chi connectivity index (χ0n) is 41.5. The predicted molar refractivity (Wildman–Crippen MR) is 290 cm³/mol. The second-order valence-corrected chi connectivity index (χ2v) is 18.6. The quantitative estimate of drug-likeness (QED) is 0.0102. The number of phenolic OH excluding ortho intramolecular Hbond substituents is 1. The minimum absolute atomic E-state index is 0.0387. The van der Waals surface area contributed by atoms with Crippen molar-refractivity contribution in [2.45, 2.75) is 70.0 Å². The lowest BCUT2D eigenvalue weighted by molar-refractivity contribution is -0.669. The van der Waals surface area contributed by atoms with E-state index in [4.69, 9.17) is 5.73 Å². The lowest BCUT2D eigenvalue weighted by atomic mass is 9.90. The smallest absolute Gasteiger partial charge is 0.262 e. The molecule has 380 valence electrons. The summed E-state index contributed by atoms with van der Waals surface area (Å²) in [6.07, 6.45) is 10.2. The molecule has 1 heterocycles. The molecule has 0 radical (unpaired) electrons. The molecular formula is C57H66N9O6S+. The van der Waals surface area contributed by atoms with E-state index in [1.54, 1.807) is 23.5 Å². The number of guanidine groups is 1. The van der Waals surface area contributed by atoms with Gasteiger partial charge in [0, 0.05) is 83.8 Å². The molecule has 0 saturated carbocycles. The summed E-state index contributed by atoms with van der Waals surface area (Å²) in [5.41, 5.74) is 11.7. The fraction of sp³-hybridized carbons (Fsp3) is 0.281. The monoisotopic (exact) mass is 1000 g/mol. The van der Waals surface area contributed by atoms with Crippen LogP contribution in [0.25, 0.3) is 22.4 Å². The Hall–Kier alpha value is -8.11. The lowest BCUT2D eigenvalue weighted by Gasteiger charge is -2.23. The van der Waals surface area contributed by atoms with Crippen molar-refractivity contribution in [1.82, 2.24) is 26.6 Å². The van der Waals surface area contributed by atoms with E-state index in [0.717, 1.165) is 38.5 Å². The van der Waals surface area contributed by atoms with Crippen LogP contribution in [0.15, 0.2) is 151 Å². The van der Waals surface area contributed by atoms with Gasteiger partial charge in [-0.3, -0.25) is 34.3 Å². The third-order valence-electron chi connectivity index (χ3n) is 11.8. The minimum Gasteiger partial charge on any atom is -0.508 e. The van der Waals surface area contributed by atoms with Crippen molar-refractivity contribution in [3.05, 3.63) is 173 Å². The van der Waals surface area contributed by atoms with Gasteiger partial charge in [0.1, 0.15) is 16.5 Å². The van der Waals surface area contributed by atoms with Gasteiger partial charge >= 0.3 is 0 Å². The number of anilines is 1. The first-order valence-corrected chi connectivity index (χ1v) is 25.4. The third kappa shape index (κ3) is 17.9. The Morgan fingerprint density at radius 3 is 1.95 bits per heavy atom. The first-order chi connectivity index (χ1) is 35.4. The Morgan fingerprint density at radius 1 is 0.685 bits per heavy atom. The average molecular weight is 1010 g/mol. The molecule has 0 unspecified atom stereocenters. The van der Waals surface area contributed by atoms with E-state index >= 15 is 0 Å². The summed E-state index contributed by atoms with van der Waals surface area (Å²) in [4.78, 5) is 71.7. The van der Waals surface area contributed by atoms with Gasteiger partial charge in [0.25, 0.3) is 5.01 Å². The molecule has 73 heavy (non-hydrogen) atoms. The Kier molecular flexibility index (Phi) is 21.3. The van der Waals surface area contributed by atoms with Crippen molar-refractivity contribution in [3.63, 3.8) is 0 Å². The van der Waals surface area contributed by atoms with E-state index in [2.05, 4.69) is 89.6 Å². The number of aromatic nitrogens is 1. The topological polar surface area (TPSA) is 211 Å². The molecule has 6 aromatic rings. The molecule has 5 amide bonds. The number of allylic oxidation sites excluding steroid dienone is 2. The van der Waals surface area contributed by atoms with Gasteiger partial charge < -0.3 is 37.0 Å². The van der Waals surface area contributed by atoms with E-state index in [1.807, 2.05) is 99.0 Å². The number of benzene rings is 5. The molecule has 0 aliphatic rings. The first kappa shape index (κ1) is 54.2. The Balaban J connectivity index is 0.878. The van der Waals surface area contributed by atoms with E-state index in [0.29, 0.717) is 25.8 Å². The highest BCUT2D eigenvalue weighted by Crippen LogP contribution is 2.26. The van der Waals surface area contributed by atoms with Crippen LogP contribution < -0.4 is 41.8 Å². The Morgan fingerprint density at radius 2 is 1.29 bits per heavy atom. The number of aromatic hydroxyl groups is 1. The molecule has 5 aromatic carbocycles. The molecule has 0 bridgehead atoms. The number of thiazole rings is 1. The second-order valence-electron chi connectivity index (χ2n) is 17.6. The van der Waals surface area contributed by atoms with Crippen LogP contribution in [0.2, 0.25) is 0 Å². The summed E-state index contributed by atoms with van der Waals surface area (Å²) in [5, 5.41) is 24.8. The van der Waals surface area contributed by atoms with Gasteiger partial charge in [-0.15, -0.1) is 0 Å². The van der Waals surface area contributed by atoms with E-state index < -0.39 is 17.9 Å². The normalized spacial score (nSPS) is 12.0. The first-order valence-electron chi connectivity index (χ1n) is 24.6. The Bertz CT molecular complexity index is 2790. The third-order valence-corrected chi connectivity index (χ3v) is 12.9. The number of phenols is 1. The van der Waals surface area contributed by atoms with Gasteiger partial charge in [-0.05, 0) is 71.8 Å².